The molecule has 130 valence electrons. The zero-order chi connectivity index (χ0) is 18.0. The number of hydrogen-bond donors (Lipinski definition) is 1. The summed E-state index contributed by atoms with van der Waals surface area (Å²) in [6.07, 6.45) is -2.98. The summed E-state index contributed by atoms with van der Waals surface area (Å²) in [7, 11) is 0. The average molecular weight is 349 g/mol. The SMILES string of the molecule is Cc1nc2ccccn2c1C(=O)NCc1ccc(OC(F)(F)F)cc1. The quantitative estimate of drug-likeness (QED) is 0.785. The van der Waals surface area contributed by atoms with Crippen LogP contribution in [0.2, 0.25) is 0 Å². The molecule has 8 heteroatoms. The van der Waals surface area contributed by atoms with E-state index in [9.17, 15) is 18.0 Å². The van der Waals surface area contributed by atoms with Crippen LogP contribution in [0.4, 0.5) is 13.2 Å². The smallest absolute Gasteiger partial charge is 0.406 e. The highest BCUT2D eigenvalue weighted by atomic mass is 19.4. The molecule has 0 saturated heterocycles. The van der Waals surface area contributed by atoms with Gasteiger partial charge in [0.2, 0.25) is 0 Å². The number of carbonyl (C=O) groups excluding carboxylic acids is 1. The van der Waals surface area contributed by atoms with Crippen molar-refractivity contribution in [2.75, 3.05) is 0 Å². The third-order valence-electron chi connectivity index (χ3n) is 3.53. The van der Waals surface area contributed by atoms with Crippen molar-refractivity contribution in [1.29, 1.82) is 0 Å². The number of imidazole rings is 1. The molecule has 25 heavy (non-hydrogen) atoms. The number of rotatable bonds is 4. The van der Waals surface area contributed by atoms with Crippen molar-refractivity contribution in [1.82, 2.24) is 14.7 Å². The fourth-order valence-electron chi connectivity index (χ4n) is 2.46. The minimum Gasteiger partial charge on any atom is -0.406 e. The predicted molar refractivity (Wildman–Crippen MR) is 84.2 cm³/mol. The monoisotopic (exact) mass is 349 g/mol. The first-order chi connectivity index (χ1) is 11.8. The van der Waals surface area contributed by atoms with E-state index in [1.54, 1.807) is 29.7 Å². The number of aryl methyl sites for hydroxylation is 1. The van der Waals surface area contributed by atoms with E-state index in [0.29, 0.717) is 22.6 Å². The Labute approximate surface area is 141 Å². The number of amides is 1. The number of ether oxygens (including phenoxy) is 1. The Morgan fingerprint density at radius 1 is 1.20 bits per heavy atom. The highest BCUT2D eigenvalue weighted by Crippen LogP contribution is 2.22. The van der Waals surface area contributed by atoms with Gasteiger partial charge in [-0.15, -0.1) is 13.2 Å². The van der Waals surface area contributed by atoms with Gasteiger partial charge < -0.3 is 10.1 Å². The summed E-state index contributed by atoms with van der Waals surface area (Å²) in [5.41, 5.74) is 2.33. The number of pyridine rings is 1. The molecule has 0 spiro atoms. The molecule has 1 amide bonds. The molecule has 0 aliphatic carbocycles. The maximum absolute atomic E-state index is 12.4. The first-order valence-corrected chi connectivity index (χ1v) is 7.40. The molecular formula is C17H14F3N3O2. The third-order valence-corrected chi connectivity index (χ3v) is 3.53. The highest BCUT2D eigenvalue weighted by Gasteiger charge is 2.30. The molecule has 5 nitrogen and oxygen atoms in total. The molecular weight excluding hydrogens is 335 g/mol. The number of hydrogen-bond acceptors (Lipinski definition) is 3. The second kappa shape index (κ2) is 6.46. The largest absolute Gasteiger partial charge is 0.573 e. The van der Waals surface area contributed by atoms with E-state index in [2.05, 4.69) is 15.0 Å². The van der Waals surface area contributed by atoms with Crippen molar-refractivity contribution in [2.24, 2.45) is 0 Å². The van der Waals surface area contributed by atoms with E-state index < -0.39 is 6.36 Å². The van der Waals surface area contributed by atoms with E-state index in [1.165, 1.54) is 24.3 Å². The average Bonchev–Trinajstić information content (AvgIpc) is 2.88. The fourth-order valence-corrected chi connectivity index (χ4v) is 2.46. The van der Waals surface area contributed by atoms with Gasteiger partial charge in [-0.3, -0.25) is 9.20 Å². The van der Waals surface area contributed by atoms with Crippen LogP contribution in [0.3, 0.4) is 0 Å². The van der Waals surface area contributed by atoms with E-state index in [1.807, 2.05) is 6.07 Å². The van der Waals surface area contributed by atoms with Crippen LogP contribution in [0.25, 0.3) is 5.65 Å². The third kappa shape index (κ3) is 3.90. The van der Waals surface area contributed by atoms with Crippen molar-refractivity contribution in [3.63, 3.8) is 0 Å². The van der Waals surface area contributed by atoms with Gasteiger partial charge in [0.05, 0.1) is 5.69 Å². The van der Waals surface area contributed by atoms with Crippen LogP contribution >= 0.6 is 0 Å². The summed E-state index contributed by atoms with van der Waals surface area (Å²) in [6, 6.07) is 10.7. The molecule has 0 fully saturated rings. The Hall–Kier alpha value is -3.03. The van der Waals surface area contributed by atoms with Gasteiger partial charge in [0.25, 0.3) is 5.91 Å². The molecule has 0 unspecified atom stereocenters. The number of carbonyl (C=O) groups is 1. The molecule has 1 aromatic carbocycles. The zero-order valence-electron chi connectivity index (χ0n) is 13.2. The summed E-state index contributed by atoms with van der Waals surface area (Å²) in [6.45, 7) is 1.91. The first kappa shape index (κ1) is 16.8. The van der Waals surface area contributed by atoms with Crippen LogP contribution in [0.1, 0.15) is 21.7 Å². The zero-order valence-corrected chi connectivity index (χ0v) is 13.2. The highest BCUT2D eigenvalue weighted by molar-refractivity contribution is 5.94. The summed E-state index contributed by atoms with van der Waals surface area (Å²) >= 11 is 0. The van der Waals surface area contributed by atoms with E-state index in [0.717, 1.165) is 0 Å². The van der Waals surface area contributed by atoms with Crippen molar-refractivity contribution < 1.29 is 22.7 Å². The lowest BCUT2D eigenvalue weighted by Gasteiger charge is -2.10. The summed E-state index contributed by atoms with van der Waals surface area (Å²) in [5, 5.41) is 2.74. The number of nitrogens with zero attached hydrogens (tertiary/aromatic N) is 2. The molecule has 2 heterocycles. The second-order valence-corrected chi connectivity index (χ2v) is 5.35. The van der Waals surface area contributed by atoms with Crippen molar-refractivity contribution in [3.05, 3.63) is 65.6 Å². The molecule has 2 aromatic heterocycles. The maximum atomic E-state index is 12.4. The number of benzene rings is 1. The minimum atomic E-state index is -4.73. The number of nitrogens with one attached hydrogen (secondary N) is 1. The van der Waals surface area contributed by atoms with Gasteiger partial charge in [-0.1, -0.05) is 18.2 Å². The van der Waals surface area contributed by atoms with E-state index >= 15 is 0 Å². The number of aromatic nitrogens is 2. The van der Waals surface area contributed by atoms with E-state index in [4.69, 9.17) is 0 Å². The van der Waals surface area contributed by atoms with Gasteiger partial charge in [0.1, 0.15) is 17.1 Å². The lowest BCUT2D eigenvalue weighted by atomic mass is 10.2. The Balaban J connectivity index is 1.69. The Morgan fingerprint density at radius 2 is 1.92 bits per heavy atom. The van der Waals surface area contributed by atoms with Crippen LogP contribution < -0.4 is 10.1 Å². The summed E-state index contributed by atoms with van der Waals surface area (Å²) in [5.74, 6) is -0.618. The second-order valence-electron chi connectivity index (χ2n) is 5.35. The molecule has 3 aromatic rings. The fraction of sp³-hybridized carbons (Fsp3) is 0.176. The van der Waals surface area contributed by atoms with Crippen LogP contribution in [0.5, 0.6) is 5.75 Å². The van der Waals surface area contributed by atoms with Gasteiger partial charge in [-0.2, -0.15) is 0 Å². The van der Waals surface area contributed by atoms with Gasteiger partial charge >= 0.3 is 6.36 Å². The Bertz CT molecular complexity index is 902. The molecule has 0 radical (unpaired) electrons. The number of alkyl halides is 3. The normalized spacial score (nSPS) is 11.5. The molecule has 3 rings (SSSR count). The maximum Gasteiger partial charge on any atom is 0.573 e. The summed E-state index contributed by atoms with van der Waals surface area (Å²) < 4.78 is 41.9. The molecule has 0 atom stereocenters. The first-order valence-electron chi connectivity index (χ1n) is 7.40. The molecule has 0 aliphatic rings. The number of fused-ring (bicyclic) bond motifs is 1. The van der Waals surface area contributed by atoms with Crippen molar-refractivity contribution in [3.8, 4) is 5.75 Å². The standard InChI is InChI=1S/C17H14F3N3O2/c1-11-15(23-9-3-2-4-14(23)22-11)16(24)21-10-12-5-7-13(8-6-12)25-17(18,19)20/h2-9H,10H2,1H3,(H,21,24). The van der Waals surface area contributed by atoms with Gasteiger partial charge in [0.15, 0.2) is 0 Å². The minimum absolute atomic E-state index is 0.171. The Kier molecular flexibility index (Phi) is 4.35. The van der Waals surface area contributed by atoms with Gasteiger partial charge in [-0.25, -0.2) is 4.98 Å². The molecule has 1 N–H and O–H groups in total. The lowest BCUT2D eigenvalue weighted by Crippen LogP contribution is -2.25. The molecule has 0 saturated carbocycles. The van der Waals surface area contributed by atoms with Crippen molar-refractivity contribution >= 4 is 11.6 Å². The molecule has 0 aliphatic heterocycles. The lowest BCUT2D eigenvalue weighted by molar-refractivity contribution is -0.274. The van der Waals surface area contributed by atoms with Crippen LogP contribution in [-0.4, -0.2) is 21.7 Å². The molecule has 0 bridgehead atoms. The van der Waals surface area contributed by atoms with Crippen LogP contribution in [0, 0.1) is 6.92 Å². The summed E-state index contributed by atoms with van der Waals surface area (Å²) in [4.78, 5) is 16.7. The Morgan fingerprint density at radius 3 is 2.60 bits per heavy atom. The van der Waals surface area contributed by atoms with Gasteiger partial charge in [0, 0.05) is 12.7 Å². The van der Waals surface area contributed by atoms with Crippen LogP contribution in [-0.2, 0) is 6.54 Å². The van der Waals surface area contributed by atoms with Crippen LogP contribution in [0.15, 0.2) is 48.7 Å². The van der Waals surface area contributed by atoms with Crippen molar-refractivity contribution in [2.45, 2.75) is 19.8 Å². The number of halogens is 3. The topological polar surface area (TPSA) is 55.6 Å². The predicted octanol–water partition coefficient (Wildman–Crippen LogP) is 3.47. The van der Waals surface area contributed by atoms with E-state index in [-0.39, 0.29) is 18.2 Å². The van der Waals surface area contributed by atoms with Gasteiger partial charge in [-0.05, 0) is 36.8 Å².